The SMILES string of the molecule is CCNc1nc(SCC(C=O)C(C)C)nc(N(CC)CC)n1. The quantitative estimate of drug-likeness (QED) is 0.524. The highest BCUT2D eigenvalue weighted by molar-refractivity contribution is 7.99. The molecule has 124 valence electrons. The van der Waals surface area contributed by atoms with Crippen LogP contribution in [0.3, 0.4) is 0 Å². The molecule has 0 aliphatic carbocycles. The van der Waals surface area contributed by atoms with E-state index in [2.05, 4.69) is 52.9 Å². The molecule has 1 unspecified atom stereocenters. The van der Waals surface area contributed by atoms with Gasteiger partial charge in [0.25, 0.3) is 0 Å². The van der Waals surface area contributed by atoms with Crippen LogP contribution in [0.15, 0.2) is 5.16 Å². The summed E-state index contributed by atoms with van der Waals surface area (Å²) < 4.78 is 0. The number of thioether (sulfide) groups is 1. The van der Waals surface area contributed by atoms with Crippen LogP contribution >= 0.6 is 11.8 Å². The molecule has 1 N–H and O–H groups in total. The van der Waals surface area contributed by atoms with Gasteiger partial charge in [0, 0.05) is 31.3 Å². The minimum atomic E-state index is 0.0150. The molecule has 1 aromatic heterocycles. The predicted molar refractivity (Wildman–Crippen MR) is 92.7 cm³/mol. The summed E-state index contributed by atoms with van der Waals surface area (Å²) in [7, 11) is 0. The second-order valence-corrected chi connectivity index (χ2v) is 6.29. The fraction of sp³-hybridized carbons (Fsp3) is 0.733. The predicted octanol–water partition coefficient (Wildman–Crippen LogP) is 2.71. The number of nitrogens with one attached hydrogen (secondary N) is 1. The molecule has 0 amide bonds. The van der Waals surface area contributed by atoms with Crippen molar-refractivity contribution in [2.45, 2.75) is 39.8 Å². The number of hydrogen-bond acceptors (Lipinski definition) is 7. The average Bonchev–Trinajstić information content (AvgIpc) is 2.49. The Morgan fingerprint density at radius 3 is 2.36 bits per heavy atom. The Morgan fingerprint density at radius 2 is 1.86 bits per heavy atom. The zero-order chi connectivity index (χ0) is 16.5. The molecule has 0 fully saturated rings. The first kappa shape index (κ1) is 18.7. The van der Waals surface area contributed by atoms with Gasteiger partial charge in [-0.1, -0.05) is 25.6 Å². The number of hydrogen-bond donors (Lipinski definition) is 1. The van der Waals surface area contributed by atoms with Gasteiger partial charge >= 0.3 is 0 Å². The molecule has 1 aromatic rings. The Hall–Kier alpha value is -1.37. The molecule has 0 saturated heterocycles. The molecule has 1 atom stereocenters. The molecule has 0 saturated carbocycles. The van der Waals surface area contributed by atoms with Gasteiger partial charge in [0.1, 0.15) is 6.29 Å². The highest BCUT2D eigenvalue weighted by atomic mass is 32.2. The summed E-state index contributed by atoms with van der Waals surface area (Å²) in [5.41, 5.74) is 0. The van der Waals surface area contributed by atoms with Crippen LogP contribution in [0.4, 0.5) is 11.9 Å². The second-order valence-electron chi connectivity index (χ2n) is 5.30. The number of carbonyl (C=O) groups excluding carboxylic acids is 1. The van der Waals surface area contributed by atoms with Crippen LogP contribution in [0.5, 0.6) is 0 Å². The molecule has 0 spiro atoms. The average molecular weight is 325 g/mol. The first-order valence-corrected chi connectivity index (χ1v) is 8.87. The summed E-state index contributed by atoms with van der Waals surface area (Å²) in [6.07, 6.45) is 1.02. The van der Waals surface area contributed by atoms with Crippen molar-refractivity contribution in [3.05, 3.63) is 0 Å². The van der Waals surface area contributed by atoms with E-state index in [0.29, 0.717) is 28.7 Å². The molecule has 1 rings (SSSR count). The molecule has 0 aromatic carbocycles. The monoisotopic (exact) mass is 325 g/mol. The van der Waals surface area contributed by atoms with Gasteiger partial charge < -0.3 is 15.0 Å². The van der Waals surface area contributed by atoms with Crippen molar-refractivity contribution in [1.82, 2.24) is 15.0 Å². The molecular weight excluding hydrogens is 298 g/mol. The van der Waals surface area contributed by atoms with E-state index in [1.54, 1.807) is 0 Å². The smallest absolute Gasteiger partial charge is 0.231 e. The molecular formula is C15H27N5OS. The normalized spacial score (nSPS) is 12.3. The summed E-state index contributed by atoms with van der Waals surface area (Å²) in [5.74, 6) is 2.30. The van der Waals surface area contributed by atoms with Gasteiger partial charge in [0.2, 0.25) is 11.9 Å². The summed E-state index contributed by atoms with van der Waals surface area (Å²) in [4.78, 5) is 26.6. The third-order valence-electron chi connectivity index (χ3n) is 3.42. The zero-order valence-corrected chi connectivity index (χ0v) is 15.0. The Kier molecular flexibility index (Phi) is 8.16. The molecule has 0 radical (unpaired) electrons. The van der Waals surface area contributed by atoms with Crippen molar-refractivity contribution in [3.8, 4) is 0 Å². The van der Waals surface area contributed by atoms with Crippen LogP contribution in [0, 0.1) is 11.8 Å². The minimum Gasteiger partial charge on any atom is -0.354 e. The van der Waals surface area contributed by atoms with Gasteiger partial charge in [0.05, 0.1) is 0 Å². The van der Waals surface area contributed by atoms with Gasteiger partial charge in [-0.25, -0.2) is 0 Å². The first-order valence-electron chi connectivity index (χ1n) is 7.88. The fourth-order valence-electron chi connectivity index (χ4n) is 1.86. The molecule has 1 heterocycles. The van der Waals surface area contributed by atoms with Crippen LogP contribution in [-0.4, -0.2) is 46.6 Å². The Labute approximate surface area is 137 Å². The number of anilines is 2. The van der Waals surface area contributed by atoms with E-state index >= 15 is 0 Å². The molecule has 0 bridgehead atoms. The van der Waals surface area contributed by atoms with E-state index < -0.39 is 0 Å². The van der Waals surface area contributed by atoms with E-state index in [1.165, 1.54) is 11.8 Å². The minimum absolute atomic E-state index is 0.0150. The molecule has 0 aliphatic heterocycles. The van der Waals surface area contributed by atoms with Crippen molar-refractivity contribution < 1.29 is 4.79 Å². The van der Waals surface area contributed by atoms with Crippen molar-refractivity contribution in [2.75, 3.05) is 35.6 Å². The van der Waals surface area contributed by atoms with E-state index in [1.807, 2.05) is 6.92 Å². The number of rotatable bonds is 10. The van der Waals surface area contributed by atoms with Crippen molar-refractivity contribution in [1.29, 1.82) is 0 Å². The van der Waals surface area contributed by atoms with Crippen LogP contribution in [0.25, 0.3) is 0 Å². The lowest BCUT2D eigenvalue weighted by Crippen LogP contribution is -2.25. The van der Waals surface area contributed by atoms with Gasteiger partial charge in [-0.15, -0.1) is 0 Å². The third-order valence-corrected chi connectivity index (χ3v) is 4.41. The maximum absolute atomic E-state index is 11.1. The fourth-order valence-corrected chi connectivity index (χ4v) is 2.96. The van der Waals surface area contributed by atoms with Gasteiger partial charge in [0.15, 0.2) is 5.16 Å². The second kappa shape index (κ2) is 9.61. The van der Waals surface area contributed by atoms with Gasteiger partial charge in [-0.2, -0.15) is 15.0 Å². The Morgan fingerprint density at radius 1 is 1.18 bits per heavy atom. The van der Waals surface area contributed by atoms with Crippen LogP contribution in [0.1, 0.15) is 34.6 Å². The van der Waals surface area contributed by atoms with Crippen LogP contribution in [0.2, 0.25) is 0 Å². The summed E-state index contributed by atoms with van der Waals surface area (Å²) in [6, 6.07) is 0. The summed E-state index contributed by atoms with van der Waals surface area (Å²) in [5, 5.41) is 3.81. The maximum Gasteiger partial charge on any atom is 0.231 e. The van der Waals surface area contributed by atoms with Crippen molar-refractivity contribution in [2.24, 2.45) is 11.8 Å². The lowest BCUT2D eigenvalue weighted by Gasteiger charge is -2.20. The number of carbonyl (C=O) groups is 1. The van der Waals surface area contributed by atoms with E-state index in [4.69, 9.17) is 0 Å². The molecule has 22 heavy (non-hydrogen) atoms. The molecule has 6 nitrogen and oxygen atoms in total. The highest BCUT2D eigenvalue weighted by Crippen LogP contribution is 2.23. The van der Waals surface area contributed by atoms with Crippen LogP contribution in [-0.2, 0) is 4.79 Å². The van der Waals surface area contributed by atoms with E-state index in [9.17, 15) is 4.79 Å². The molecule has 7 heteroatoms. The van der Waals surface area contributed by atoms with E-state index in [0.717, 1.165) is 25.9 Å². The van der Waals surface area contributed by atoms with Gasteiger partial charge in [-0.3, -0.25) is 0 Å². The maximum atomic E-state index is 11.1. The Bertz CT molecular complexity index is 465. The lowest BCUT2D eigenvalue weighted by atomic mass is 10.0. The zero-order valence-electron chi connectivity index (χ0n) is 14.2. The molecule has 0 aliphatic rings. The number of aromatic nitrogens is 3. The number of nitrogens with zero attached hydrogens (tertiary/aromatic N) is 4. The van der Waals surface area contributed by atoms with Crippen molar-refractivity contribution in [3.63, 3.8) is 0 Å². The Balaban J connectivity index is 2.94. The first-order chi connectivity index (χ1) is 10.5. The largest absolute Gasteiger partial charge is 0.354 e. The third kappa shape index (κ3) is 5.44. The summed E-state index contributed by atoms with van der Waals surface area (Å²) >= 11 is 1.51. The van der Waals surface area contributed by atoms with Gasteiger partial charge in [-0.05, 0) is 26.7 Å². The van der Waals surface area contributed by atoms with Crippen molar-refractivity contribution >= 4 is 29.9 Å². The standard InChI is InChI=1S/C15H27N5OS/c1-6-16-13-17-14(20(7-2)8-3)19-15(18-13)22-10-12(9-21)11(4)5/h9,11-12H,6-8,10H2,1-5H3,(H,16,17,18,19). The van der Waals surface area contributed by atoms with Crippen LogP contribution < -0.4 is 10.2 Å². The summed E-state index contributed by atoms with van der Waals surface area (Å²) in [6.45, 7) is 12.7. The number of aldehydes is 1. The lowest BCUT2D eigenvalue weighted by molar-refractivity contribution is -0.111. The van der Waals surface area contributed by atoms with E-state index in [-0.39, 0.29) is 5.92 Å². The topological polar surface area (TPSA) is 71.0 Å². The highest BCUT2D eigenvalue weighted by Gasteiger charge is 2.16.